The zero-order valence-electron chi connectivity index (χ0n) is 13.8. The number of ether oxygens (including phenoxy) is 1. The summed E-state index contributed by atoms with van der Waals surface area (Å²) in [7, 11) is 0. The van der Waals surface area contributed by atoms with Gasteiger partial charge in [0, 0.05) is 19.4 Å². The summed E-state index contributed by atoms with van der Waals surface area (Å²) in [5.41, 5.74) is 0. The second-order valence-electron chi connectivity index (χ2n) is 5.48. The van der Waals surface area contributed by atoms with Crippen LogP contribution >= 0.6 is 0 Å². The Bertz CT molecular complexity index is 301. The van der Waals surface area contributed by atoms with Gasteiger partial charge in [0.2, 0.25) is 0 Å². The molecule has 0 amide bonds. The van der Waals surface area contributed by atoms with Crippen LogP contribution in [0.3, 0.4) is 0 Å². The third-order valence-electron chi connectivity index (χ3n) is 3.36. The Morgan fingerprint density at radius 2 is 1.71 bits per heavy atom. The van der Waals surface area contributed by atoms with Gasteiger partial charge >= 0.3 is 5.97 Å². The van der Waals surface area contributed by atoms with Gasteiger partial charge in [0.15, 0.2) is 0 Å². The standard InChI is InChI=1S/C18H32O3/c1-3-5-7-8-9-10-11-12-13-17(14-15-18(19)20)21-16-6-4-2/h17H,3-11,14-16H2,1-2H3,(H,19,20). The van der Waals surface area contributed by atoms with E-state index < -0.39 is 5.97 Å². The minimum absolute atomic E-state index is 0.127. The molecule has 0 aromatic heterocycles. The van der Waals surface area contributed by atoms with Crippen LogP contribution in [0.5, 0.6) is 0 Å². The number of hydrogen-bond acceptors (Lipinski definition) is 2. The molecule has 122 valence electrons. The lowest BCUT2D eigenvalue weighted by molar-refractivity contribution is -0.137. The number of carbonyl (C=O) groups is 1. The Kier molecular flexibility index (Phi) is 14.6. The van der Waals surface area contributed by atoms with E-state index >= 15 is 0 Å². The van der Waals surface area contributed by atoms with Crippen molar-refractivity contribution in [1.29, 1.82) is 0 Å². The Hall–Kier alpha value is -1.01. The lowest BCUT2D eigenvalue weighted by Crippen LogP contribution is -2.13. The Morgan fingerprint density at radius 1 is 1.05 bits per heavy atom. The smallest absolute Gasteiger partial charge is 0.303 e. The molecule has 3 heteroatoms. The van der Waals surface area contributed by atoms with Gasteiger partial charge in [-0.25, -0.2) is 0 Å². The summed E-state index contributed by atoms with van der Waals surface area (Å²) in [5, 5.41) is 8.74. The lowest BCUT2D eigenvalue weighted by Gasteiger charge is -2.10. The molecule has 0 saturated heterocycles. The van der Waals surface area contributed by atoms with Gasteiger partial charge in [-0.05, 0) is 19.3 Å². The van der Waals surface area contributed by atoms with Gasteiger partial charge < -0.3 is 9.84 Å². The van der Waals surface area contributed by atoms with Crippen molar-refractivity contribution in [3.05, 3.63) is 0 Å². The van der Waals surface area contributed by atoms with Crippen molar-refractivity contribution in [2.45, 2.75) is 90.6 Å². The first-order valence-electron chi connectivity index (χ1n) is 8.52. The van der Waals surface area contributed by atoms with Crippen LogP contribution in [-0.2, 0) is 9.53 Å². The van der Waals surface area contributed by atoms with E-state index in [-0.39, 0.29) is 12.5 Å². The minimum atomic E-state index is -0.781. The fraction of sp³-hybridized carbons (Fsp3) is 0.833. The number of rotatable bonds is 13. The van der Waals surface area contributed by atoms with Crippen molar-refractivity contribution in [3.8, 4) is 11.8 Å². The molecule has 0 aliphatic carbocycles. The molecule has 0 bridgehead atoms. The summed E-state index contributed by atoms with van der Waals surface area (Å²) in [6.07, 6.45) is 11.0. The van der Waals surface area contributed by atoms with Crippen molar-refractivity contribution >= 4 is 5.97 Å². The van der Waals surface area contributed by atoms with E-state index in [0.29, 0.717) is 13.0 Å². The summed E-state index contributed by atoms with van der Waals surface area (Å²) in [6.45, 7) is 5.01. The predicted octanol–water partition coefficient (Wildman–Crippen LogP) is 4.79. The first kappa shape index (κ1) is 20.0. The van der Waals surface area contributed by atoms with Gasteiger partial charge in [0.1, 0.15) is 6.10 Å². The average Bonchev–Trinajstić information content (AvgIpc) is 2.46. The second kappa shape index (κ2) is 15.4. The molecule has 0 saturated carbocycles. The maximum absolute atomic E-state index is 10.6. The van der Waals surface area contributed by atoms with Crippen molar-refractivity contribution in [2.75, 3.05) is 6.61 Å². The number of carboxylic acids is 1. The number of carboxylic acid groups (broad SMARTS) is 1. The van der Waals surface area contributed by atoms with Crippen LogP contribution < -0.4 is 0 Å². The highest BCUT2D eigenvalue weighted by atomic mass is 16.5. The molecule has 1 atom stereocenters. The number of hydrogen-bond donors (Lipinski definition) is 1. The molecule has 0 aromatic carbocycles. The quantitative estimate of drug-likeness (QED) is 0.392. The van der Waals surface area contributed by atoms with E-state index in [1.165, 1.54) is 32.1 Å². The van der Waals surface area contributed by atoms with Gasteiger partial charge in [-0.2, -0.15) is 0 Å². The van der Waals surface area contributed by atoms with Crippen LogP contribution in [-0.4, -0.2) is 23.8 Å². The third kappa shape index (κ3) is 15.2. The SMILES string of the molecule is CCCCCCCCC#CC(CCC(=O)O)OCCCC. The van der Waals surface area contributed by atoms with Gasteiger partial charge in [0.25, 0.3) is 0 Å². The second-order valence-corrected chi connectivity index (χ2v) is 5.48. The highest BCUT2D eigenvalue weighted by Gasteiger charge is 2.07. The van der Waals surface area contributed by atoms with Crippen LogP contribution in [0.4, 0.5) is 0 Å². The van der Waals surface area contributed by atoms with Gasteiger partial charge in [-0.1, -0.05) is 58.3 Å². The minimum Gasteiger partial charge on any atom is -0.481 e. The van der Waals surface area contributed by atoms with Gasteiger partial charge in [-0.3, -0.25) is 4.79 Å². The summed E-state index contributed by atoms with van der Waals surface area (Å²) in [5.74, 6) is 5.48. The van der Waals surface area contributed by atoms with E-state index in [9.17, 15) is 4.79 Å². The average molecular weight is 296 g/mol. The molecule has 0 heterocycles. The van der Waals surface area contributed by atoms with E-state index in [2.05, 4.69) is 25.7 Å². The Morgan fingerprint density at radius 3 is 2.38 bits per heavy atom. The van der Waals surface area contributed by atoms with Gasteiger partial charge in [-0.15, -0.1) is 5.92 Å². The number of aliphatic carboxylic acids is 1. The summed E-state index contributed by atoms with van der Waals surface area (Å²) >= 11 is 0. The molecule has 0 radical (unpaired) electrons. The summed E-state index contributed by atoms with van der Waals surface area (Å²) in [4.78, 5) is 10.6. The molecule has 3 nitrogen and oxygen atoms in total. The van der Waals surface area contributed by atoms with Crippen molar-refractivity contribution < 1.29 is 14.6 Å². The molecule has 0 spiro atoms. The number of unbranched alkanes of at least 4 members (excludes halogenated alkanes) is 7. The first-order valence-corrected chi connectivity index (χ1v) is 8.52. The molecular weight excluding hydrogens is 264 g/mol. The Labute approximate surface area is 130 Å². The van der Waals surface area contributed by atoms with Crippen molar-refractivity contribution in [3.63, 3.8) is 0 Å². The topological polar surface area (TPSA) is 46.5 Å². The highest BCUT2D eigenvalue weighted by molar-refractivity contribution is 5.66. The van der Waals surface area contributed by atoms with Gasteiger partial charge in [0.05, 0.1) is 0 Å². The first-order chi connectivity index (χ1) is 10.2. The van der Waals surface area contributed by atoms with Crippen LogP contribution in [0.2, 0.25) is 0 Å². The lowest BCUT2D eigenvalue weighted by atomic mass is 10.1. The highest BCUT2D eigenvalue weighted by Crippen LogP contribution is 2.07. The normalized spacial score (nSPS) is 11.7. The van der Waals surface area contributed by atoms with Crippen LogP contribution in [0, 0.1) is 11.8 Å². The maximum Gasteiger partial charge on any atom is 0.303 e. The Balaban J connectivity index is 3.85. The maximum atomic E-state index is 10.6. The monoisotopic (exact) mass is 296 g/mol. The molecule has 0 aromatic rings. The fourth-order valence-electron chi connectivity index (χ4n) is 2.00. The fourth-order valence-corrected chi connectivity index (χ4v) is 2.00. The molecule has 21 heavy (non-hydrogen) atoms. The molecule has 1 N–H and O–H groups in total. The van der Waals surface area contributed by atoms with E-state index in [1.807, 2.05) is 0 Å². The molecule has 0 fully saturated rings. The largest absolute Gasteiger partial charge is 0.481 e. The molecule has 0 aliphatic rings. The van der Waals surface area contributed by atoms with Crippen LogP contribution in [0.25, 0.3) is 0 Å². The zero-order chi connectivity index (χ0) is 15.8. The predicted molar refractivity (Wildman–Crippen MR) is 87.3 cm³/mol. The third-order valence-corrected chi connectivity index (χ3v) is 3.36. The summed E-state index contributed by atoms with van der Waals surface area (Å²) in [6, 6.07) is 0. The molecular formula is C18H32O3. The molecule has 0 rings (SSSR count). The van der Waals surface area contributed by atoms with E-state index in [0.717, 1.165) is 25.7 Å². The summed E-state index contributed by atoms with van der Waals surface area (Å²) < 4.78 is 5.66. The van der Waals surface area contributed by atoms with E-state index in [4.69, 9.17) is 9.84 Å². The van der Waals surface area contributed by atoms with E-state index in [1.54, 1.807) is 0 Å². The molecule has 0 aliphatic heterocycles. The zero-order valence-corrected chi connectivity index (χ0v) is 13.8. The van der Waals surface area contributed by atoms with Crippen LogP contribution in [0.1, 0.15) is 84.5 Å². The van der Waals surface area contributed by atoms with Crippen molar-refractivity contribution in [2.24, 2.45) is 0 Å². The van der Waals surface area contributed by atoms with Crippen molar-refractivity contribution in [1.82, 2.24) is 0 Å². The van der Waals surface area contributed by atoms with Crippen LogP contribution in [0.15, 0.2) is 0 Å². The molecule has 1 unspecified atom stereocenters.